The van der Waals surface area contributed by atoms with Crippen molar-refractivity contribution in [1.82, 2.24) is 35.4 Å². The Labute approximate surface area is 183 Å². The summed E-state index contributed by atoms with van der Waals surface area (Å²) in [4.78, 5) is 33.1. The van der Waals surface area contributed by atoms with Crippen LogP contribution < -0.4 is 16.8 Å². The van der Waals surface area contributed by atoms with E-state index in [4.69, 9.17) is 21.0 Å². The summed E-state index contributed by atoms with van der Waals surface area (Å²) in [7, 11) is 0. The molecule has 4 aromatic rings. The van der Waals surface area contributed by atoms with Crippen LogP contribution in [-0.4, -0.2) is 36.0 Å². The molecule has 11 heteroatoms. The first kappa shape index (κ1) is 20.1. The van der Waals surface area contributed by atoms with Crippen molar-refractivity contribution in [2.45, 2.75) is 44.7 Å². The first-order valence-corrected chi connectivity index (χ1v) is 10.3. The number of nitrogens with zero attached hydrogens (tertiary/aromatic N) is 5. The van der Waals surface area contributed by atoms with Crippen LogP contribution in [0.2, 0.25) is 0 Å². The molecule has 4 heterocycles. The lowest BCUT2D eigenvalue weighted by molar-refractivity contribution is 0.0927. The van der Waals surface area contributed by atoms with Gasteiger partial charge < -0.3 is 26.3 Å². The zero-order valence-electron chi connectivity index (χ0n) is 17.7. The molecule has 1 saturated carbocycles. The monoisotopic (exact) mass is 433 g/mol. The lowest BCUT2D eigenvalue weighted by Crippen LogP contribution is -2.29. The molecule has 0 aromatic carbocycles. The van der Waals surface area contributed by atoms with Gasteiger partial charge in [-0.15, -0.1) is 0 Å². The van der Waals surface area contributed by atoms with Crippen LogP contribution in [0.1, 0.15) is 60.2 Å². The van der Waals surface area contributed by atoms with Crippen LogP contribution in [0.25, 0.3) is 22.7 Å². The summed E-state index contributed by atoms with van der Waals surface area (Å²) >= 11 is 0. The van der Waals surface area contributed by atoms with Crippen LogP contribution in [0.5, 0.6) is 0 Å². The predicted octanol–water partition coefficient (Wildman–Crippen LogP) is 1.99. The Bertz CT molecular complexity index is 1320. The Balaban J connectivity index is 1.35. The molecule has 1 aliphatic rings. The minimum atomic E-state index is -0.477. The number of carbonyl (C=O) groups is 1. The minimum absolute atomic E-state index is 0.0528. The van der Waals surface area contributed by atoms with E-state index in [9.17, 15) is 4.79 Å². The summed E-state index contributed by atoms with van der Waals surface area (Å²) in [5.41, 5.74) is 15.2. The van der Waals surface area contributed by atoms with E-state index in [1.807, 2.05) is 12.1 Å². The van der Waals surface area contributed by atoms with Gasteiger partial charge in [-0.2, -0.15) is 0 Å². The van der Waals surface area contributed by atoms with Gasteiger partial charge in [-0.25, -0.2) is 19.9 Å². The van der Waals surface area contributed by atoms with E-state index in [0.29, 0.717) is 28.5 Å². The Morgan fingerprint density at radius 2 is 2.12 bits per heavy atom. The maximum atomic E-state index is 12.7. The molecule has 164 valence electrons. The average molecular weight is 433 g/mol. The van der Waals surface area contributed by atoms with Gasteiger partial charge in [0.05, 0.1) is 11.6 Å². The van der Waals surface area contributed by atoms with Gasteiger partial charge in [-0.3, -0.25) is 4.79 Å². The van der Waals surface area contributed by atoms with Gasteiger partial charge in [-0.05, 0) is 31.9 Å². The molecule has 0 spiro atoms. The molecule has 6 N–H and O–H groups in total. The second-order valence-corrected chi connectivity index (χ2v) is 8.31. The van der Waals surface area contributed by atoms with Gasteiger partial charge in [-0.1, -0.05) is 12.1 Å². The maximum absolute atomic E-state index is 12.7. The summed E-state index contributed by atoms with van der Waals surface area (Å²) < 4.78 is 5.45. The number of amides is 1. The fourth-order valence-electron chi connectivity index (χ4n) is 3.56. The van der Waals surface area contributed by atoms with Crippen molar-refractivity contribution in [2.24, 2.45) is 5.73 Å². The standard InChI is InChI=1S/C21H23N9O2/c1-10(26-20(31)16-11(8-22)17(23)25-9-24-16)14-7-13(30-32-14)19-27-12-3-4-15(21(2)5-6-21)28-18(12)29-19/h3-4,7,9-10H,5-6,8,22H2,1-2H3,(H,26,31)(H2,23,24,25)(H,27,28,29)/t10-/m1/s1. The van der Waals surface area contributed by atoms with Gasteiger partial charge in [0.25, 0.3) is 5.91 Å². The summed E-state index contributed by atoms with van der Waals surface area (Å²) in [5.74, 6) is 0.760. The van der Waals surface area contributed by atoms with Crippen LogP contribution >= 0.6 is 0 Å². The fourth-order valence-corrected chi connectivity index (χ4v) is 3.56. The molecule has 0 bridgehead atoms. The molecule has 1 amide bonds. The lowest BCUT2D eigenvalue weighted by Gasteiger charge is -2.12. The number of nitrogens with two attached hydrogens (primary N) is 2. The van der Waals surface area contributed by atoms with Gasteiger partial charge >= 0.3 is 0 Å². The van der Waals surface area contributed by atoms with E-state index in [1.165, 1.54) is 6.33 Å². The molecule has 11 nitrogen and oxygen atoms in total. The second-order valence-electron chi connectivity index (χ2n) is 8.31. The summed E-state index contributed by atoms with van der Waals surface area (Å²) in [5, 5.41) is 6.92. The van der Waals surface area contributed by atoms with E-state index in [2.05, 4.69) is 37.3 Å². The third-order valence-corrected chi connectivity index (χ3v) is 5.91. The zero-order valence-corrected chi connectivity index (χ0v) is 17.7. The number of rotatable bonds is 6. The number of imidazole rings is 1. The molecule has 1 aliphatic carbocycles. The van der Waals surface area contributed by atoms with Crippen molar-refractivity contribution in [3.63, 3.8) is 0 Å². The topological polar surface area (TPSA) is 175 Å². The van der Waals surface area contributed by atoms with Crippen molar-refractivity contribution in [2.75, 3.05) is 5.73 Å². The van der Waals surface area contributed by atoms with E-state index >= 15 is 0 Å². The van der Waals surface area contributed by atoms with E-state index < -0.39 is 11.9 Å². The lowest BCUT2D eigenvalue weighted by atomic mass is 10.1. The number of hydrogen-bond donors (Lipinski definition) is 4. The van der Waals surface area contributed by atoms with E-state index in [1.54, 1.807) is 13.0 Å². The molecule has 32 heavy (non-hydrogen) atoms. The van der Waals surface area contributed by atoms with E-state index in [0.717, 1.165) is 24.1 Å². The normalized spacial score (nSPS) is 15.6. The first-order valence-electron chi connectivity index (χ1n) is 10.3. The molecule has 4 aromatic heterocycles. The number of nitrogens with one attached hydrogen (secondary N) is 2. The number of pyridine rings is 1. The number of H-pyrrole nitrogens is 1. The SMILES string of the molecule is C[C@@H](NC(=O)c1ncnc(N)c1CN)c1cc(-c2nc3nc(C4(C)CC4)ccc3[nH]2)no1. The number of carbonyl (C=O) groups excluding carboxylic acids is 1. The van der Waals surface area contributed by atoms with Crippen molar-refractivity contribution in [1.29, 1.82) is 0 Å². The highest BCUT2D eigenvalue weighted by Gasteiger charge is 2.40. The number of fused-ring (bicyclic) bond motifs is 1. The number of aromatic amines is 1. The molecular weight excluding hydrogens is 410 g/mol. The molecule has 1 atom stereocenters. The quantitative estimate of drug-likeness (QED) is 0.354. The van der Waals surface area contributed by atoms with Crippen molar-refractivity contribution in [3.05, 3.63) is 47.2 Å². The number of nitrogen functional groups attached to an aromatic ring is 1. The summed E-state index contributed by atoms with van der Waals surface area (Å²) in [6.07, 6.45) is 3.52. The molecule has 1 fully saturated rings. The summed E-state index contributed by atoms with van der Waals surface area (Å²) in [6, 6.07) is 5.28. The molecule has 0 unspecified atom stereocenters. The Morgan fingerprint density at radius 1 is 1.31 bits per heavy atom. The molecule has 0 radical (unpaired) electrons. The Hall–Kier alpha value is -3.86. The van der Waals surface area contributed by atoms with Gasteiger partial charge in [0.15, 0.2) is 17.2 Å². The number of aromatic nitrogens is 6. The molecule has 0 aliphatic heterocycles. The smallest absolute Gasteiger partial charge is 0.271 e. The van der Waals surface area contributed by atoms with Crippen LogP contribution in [0.15, 0.2) is 29.0 Å². The van der Waals surface area contributed by atoms with E-state index in [-0.39, 0.29) is 23.5 Å². The van der Waals surface area contributed by atoms with Crippen LogP contribution in [0.4, 0.5) is 5.82 Å². The largest absolute Gasteiger partial charge is 0.383 e. The molecule has 0 saturated heterocycles. The molecule has 5 rings (SSSR count). The zero-order chi connectivity index (χ0) is 22.5. The van der Waals surface area contributed by atoms with Gasteiger partial charge in [0.2, 0.25) is 0 Å². The number of hydrogen-bond acceptors (Lipinski definition) is 9. The third-order valence-electron chi connectivity index (χ3n) is 5.91. The van der Waals surface area contributed by atoms with Crippen molar-refractivity contribution in [3.8, 4) is 11.5 Å². The molecular formula is C21H23N9O2. The Morgan fingerprint density at radius 3 is 2.88 bits per heavy atom. The summed E-state index contributed by atoms with van der Waals surface area (Å²) in [6.45, 7) is 4.04. The predicted molar refractivity (Wildman–Crippen MR) is 116 cm³/mol. The van der Waals surface area contributed by atoms with Gasteiger partial charge in [0.1, 0.15) is 23.5 Å². The van der Waals surface area contributed by atoms with Crippen LogP contribution in [-0.2, 0) is 12.0 Å². The highest BCUT2D eigenvalue weighted by atomic mass is 16.5. The van der Waals surface area contributed by atoms with Crippen LogP contribution in [0.3, 0.4) is 0 Å². The average Bonchev–Trinajstić information content (AvgIpc) is 3.18. The first-order chi connectivity index (χ1) is 15.4. The highest BCUT2D eigenvalue weighted by Crippen LogP contribution is 2.46. The second kappa shape index (κ2) is 7.38. The maximum Gasteiger partial charge on any atom is 0.271 e. The Kier molecular flexibility index (Phi) is 4.63. The third kappa shape index (κ3) is 3.46. The van der Waals surface area contributed by atoms with Gasteiger partial charge in [0, 0.05) is 29.3 Å². The van der Waals surface area contributed by atoms with Crippen molar-refractivity contribution >= 4 is 22.9 Å². The highest BCUT2D eigenvalue weighted by molar-refractivity contribution is 5.94. The minimum Gasteiger partial charge on any atom is -0.383 e. The van der Waals surface area contributed by atoms with Crippen molar-refractivity contribution < 1.29 is 9.32 Å². The fraction of sp³-hybridized carbons (Fsp3) is 0.333. The van der Waals surface area contributed by atoms with Crippen LogP contribution in [0, 0.1) is 0 Å². The number of anilines is 1.